The van der Waals surface area contributed by atoms with Crippen molar-refractivity contribution in [3.05, 3.63) is 292 Å². The average molecular weight is 988 g/mol. The molecule has 0 radical (unpaired) electrons. The first-order valence-electron chi connectivity index (χ1n) is 27.6. The molecule has 0 N–H and O–H groups in total. The standard InChI is InChI=1S/C31H24.C16H18.C11H20.2C7H8.C3H8/c1-5-21-20(4)18-29-30(22(21)6-2)25-16-15-19(3)17-28(25)31(29)26-13-9-7-11-23(26)24-12-8-10-14-27(24)31;1-4-8-13(5-2)16-11-14-9-6-7-10-15(14)12(16)3;1-5-8-9-11(7-3)10(4)6-2;2*1-7-5-3-2-4-6-7;1-3-2/h5-18H,1-2H2,3-4H3;5-7,9-10H,2-4,8,11H2,1H3;7-10H,5-6H2,1-4H3;2*2-6H,1H3;3H2,1-2H3/b;16-13+;9-8-,11-7+;;;. The van der Waals surface area contributed by atoms with Gasteiger partial charge in [0.05, 0.1) is 5.41 Å². The van der Waals surface area contributed by atoms with Gasteiger partial charge in [0, 0.05) is 0 Å². The van der Waals surface area contributed by atoms with Gasteiger partial charge in [0.25, 0.3) is 0 Å². The van der Waals surface area contributed by atoms with Crippen LogP contribution in [0.5, 0.6) is 0 Å². The zero-order valence-corrected chi connectivity index (χ0v) is 47.6. The lowest BCUT2D eigenvalue weighted by atomic mass is 9.70. The van der Waals surface area contributed by atoms with Crippen LogP contribution in [-0.2, 0) is 11.8 Å². The lowest BCUT2D eigenvalue weighted by Gasteiger charge is -2.31. The highest BCUT2D eigenvalue weighted by Gasteiger charge is 2.52. The van der Waals surface area contributed by atoms with Crippen molar-refractivity contribution in [1.29, 1.82) is 0 Å². The summed E-state index contributed by atoms with van der Waals surface area (Å²) < 4.78 is 0. The molecule has 1 spiro atoms. The summed E-state index contributed by atoms with van der Waals surface area (Å²) in [5.74, 6) is 0.711. The van der Waals surface area contributed by atoms with Crippen LogP contribution in [0.15, 0.2) is 225 Å². The van der Waals surface area contributed by atoms with Crippen molar-refractivity contribution in [3.63, 3.8) is 0 Å². The molecule has 0 fully saturated rings. The Kier molecular flexibility index (Phi) is 22.6. The van der Waals surface area contributed by atoms with Crippen LogP contribution in [-0.4, -0.2) is 0 Å². The summed E-state index contributed by atoms with van der Waals surface area (Å²) in [6.45, 7) is 40.2. The number of fused-ring (bicyclic) bond motifs is 11. The average Bonchev–Trinajstić information content (AvgIpc) is 4.16. The molecular formula is C75H86. The van der Waals surface area contributed by atoms with Crippen LogP contribution in [0.2, 0.25) is 0 Å². The van der Waals surface area contributed by atoms with Crippen LogP contribution >= 0.6 is 0 Å². The van der Waals surface area contributed by atoms with Gasteiger partial charge in [0.15, 0.2) is 0 Å². The first-order valence-corrected chi connectivity index (χ1v) is 27.6. The summed E-state index contributed by atoms with van der Waals surface area (Å²) in [4.78, 5) is 0. The molecule has 7 aromatic rings. The monoisotopic (exact) mass is 987 g/mol. The Morgan fingerprint density at radius 3 is 1.55 bits per heavy atom. The first kappa shape index (κ1) is 58.6. The molecule has 0 aromatic heterocycles. The maximum Gasteiger partial charge on any atom is 0.0725 e. The smallest absolute Gasteiger partial charge is 0.0725 e. The van der Waals surface area contributed by atoms with Crippen LogP contribution in [0.1, 0.15) is 147 Å². The SMILES string of the molecule is C/C=C(\C=C/CC)C(C)CC.C=C/C(CCC)=C1/Cc2ccccc2C1=C.C=Cc1c(C)cc2c(c1C=C)-c1ccc(C)cc1C21c2ccccc2-c2ccccc21.CCC.Cc1ccccc1.Cc1ccccc1. The van der Waals surface area contributed by atoms with E-state index in [1.807, 2.05) is 54.6 Å². The molecule has 1 unspecified atom stereocenters. The number of aryl methyl sites for hydroxylation is 4. The Morgan fingerprint density at radius 2 is 1.09 bits per heavy atom. The Labute approximate surface area is 455 Å². The molecule has 75 heavy (non-hydrogen) atoms. The highest BCUT2D eigenvalue weighted by Crippen LogP contribution is 2.64. The molecule has 0 saturated heterocycles. The third-order valence-electron chi connectivity index (χ3n) is 14.4. The zero-order valence-electron chi connectivity index (χ0n) is 47.6. The fourth-order valence-corrected chi connectivity index (χ4v) is 10.6. The van der Waals surface area contributed by atoms with E-state index >= 15 is 0 Å². The van der Waals surface area contributed by atoms with Gasteiger partial charge in [-0.25, -0.2) is 0 Å². The van der Waals surface area contributed by atoms with Gasteiger partial charge < -0.3 is 0 Å². The van der Waals surface area contributed by atoms with Crippen molar-refractivity contribution in [2.45, 2.75) is 120 Å². The number of benzene rings is 7. The Morgan fingerprint density at radius 1 is 0.573 bits per heavy atom. The Balaban J connectivity index is 0.000000197. The predicted molar refractivity (Wildman–Crippen MR) is 335 cm³/mol. The van der Waals surface area contributed by atoms with Gasteiger partial charge in [-0.15, -0.1) is 0 Å². The van der Waals surface area contributed by atoms with Crippen LogP contribution in [0.4, 0.5) is 0 Å². The van der Waals surface area contributed by atoms with E-state index in [4.69, 9.17) is 0 Å². The lowest BCUT2D eigenvalue weighted by molar-refractivity contribution is 0.669. The second-order valence-electron chi connectivity index (χ2n) is 19.9. The van der Waals surface area contributed by atoms with Gasteiger partial charge in [0.2, 0.25) is 0 Å². The number of hydrogen-bond donors (Lipinski definition) is 0. The van der Waals surface area contributed by atoms with Crippen molar-refractivity contribution in [3.8, 4) is 22.3 Å². The number of allylic oxidation sites excluding steroid dienone is 8. The second kappa shape index (κ2) is 29.0. The van der Waals surface area contributed by atoms with Crippen molar-refractivity contribution in [1.82, 2.24) is 0 Å². The van der Waals surface area contributed by atoms with Gasteiger partial charge in [-0.1, -0.05) is 292 Å². The third kappa shape index (κ3) is 13.5. The highest BCUT2D eigenvalue weighted by atomic mass is 14.5. The van der Waals surface area contributed by atoms with Crippen LogP contribution in [0.3, 0.4) is 0 Å². The fraction of sp³-hybridized carbons (Fsp3) is 0.253. The molecule has 7 aromatic carbocycles. The van der Waals surface area contributed by atoms with Crippen molar-refractivity contribution in [2.24, 2.45) is 5.92 Å². The van der Waals surface area contributed by atoms with Crippen molar-refractivity contribution in [2.75, 3.05) is 0 Å². The minimum Gasteiger partial charge on any atom is -0.0988 e. The molecule has 1 atom stereocenters. The van der Waals surface area contributed by atoms with Gasteiger partial charge >= 0.3 is 0 Å². The molecule has 0 bridgehead atoms. The fourth-order valence-electron chi connectivity index (χ4n) is 10.6. The maximum atomic E-state index is 4.22. The largest absolute Gasteiger partial charge is 0.0988 e. The van der Waals surface area contributed by atoms with Gasteiger partial charge in [0.1, 0.15) is 0 Å². The van der Waals surface area contributed by atoms with E-state index in [2.05, 4.69) is 242 Å². The molecule has 3 aliphatic rings. The Hall–Kier alpha value is -7.28. The summed E-state index contributed by atoms with van der Waals surface area (Å²) in [6.07, 6.45) is 19.6. The molecule has 386 valence electrons. The molecule has 0 heterocycles. The van der Waals surface area contributed by atoms with Gasteiger partial charge in [-0.3, -0.25) is 0 Å². The lowest BCUT2D eigenvalue weighted by Crippen LogP contribution is -2.26. The number of rotatable bonds is 9. The minimum atomic E-state index is -0.300. The maximum absolute atomic E-state index is 4.22. The normalized spacial score (nSPS) is 13.6. The highest BCUT2D eigenvalue weighted by molar-refractivity contribution is 5.99. The molecule has 0 saturated carbocycles. The topological polar surface area (TPSA) is 0 Å². The molecule has 0 amide bonds. The Bertz CT molecular complexity index is 3020. The van der Waals surface area contributed by atoms with E-state index in [9.17, 15) is 0 Å². The molecule has 10 rings (SSSR count). The first-order chi connectivity index (χ1) is 36.4. The molecular weight excluding hydrogens is 901 g/mol. The van der Waals surface area contributed by atoms with E-state index in [-0.39, 0.29) is 5.41 Å². The summed E-state index contributed by atoms with van der Waals surface area (Å²) in [7, 11) is 0. The summed E-state index contributed by atoms with van der Waals surface area (Å²) in [6, 6.07) is 56.2. The van der Waals surface area contributed by atoms with Gasteiger partial charge in [-0.05, 0) is 161 Å². The van der Waals surface area contributed by atoms with E-state index in [1.54, 1.807) is 0 Å². The zero-order chi connectivity index (χ0) is 54.5. The quantitative estimate of drug-likeness (QED) is 0.126. The molecule has 0 nitrogen and oxygen atoms in total. The van der Waals surface area contributed by atoms with E-state index in [0.717, 1.165) is 25.7 Å². The summed E-state index contributed by atoms with van der Waals surface area (Å²) in [5, 5.41) is 0. The van der Waals surface area contributed by atoms with Crippen LogP contribution in [0, 0.1) is 33.6 Å². The molecule has 0 heteroatoms. The van der Waals surface area contributed by atoms with Crippen molar-refractivity contribution >= 4 is 17.7 Å². The number of hydrogen-bond acceptors (Lipinski definition) is 0. The second-order valence-corrected chi connectivity index (χ2v) is 19.9. The van der Waals surface area contributed by atoms with Crippen LogP contribution < -0.4 is 0 Å². The molecule has 3 aliphatic carbocycles. The van der Waals surface area contributed by atoms with Gasteiger partial charge in [-0.2, -0.15) is 0 Å². The van der Waals surface area contributed by atoms with E-state index in [1.165, 1.54) is 124 Å². The van der Waals surface area contributed by atoms with E-state index < -0.39 is 0 Å². The summed E-state index contributed by atoms with van der Waals surface area (Å²) in [5.41, 5.74) is 26.2. The van der Waals surface area contributed by atoms with Crippen LogP contribution in [0.25, 0.3) is 40.0 Å². The third-order valence-corrected chi connectivity index (χ3v) is 14.4. The van der Waals surface area contributed by atoms with E-state index in [0.29, 0.717) is 5.92 Å². The van der Waals surface area contributed by atoms with Crippen molar-refractivity contribution < 1.29 is 0 Å². The summed E-state index contributed by atoms with van der Waals surface area (Å²) >= 11 is 0. The minimum absolute atomic E-state index is 0.300. The predicted octanol–water partition coefficient (Wildman–Crippen LogP) is 21.8. The molecule has 0 aliphatic heterocycles.